The van der Waals surface area contributed by atoms with Crippen LogP contribution in [0.4, 0.5) is 4.39 Å². The number of carbonyl (C=O) groups is 1. The fraction of sp³-hybridized carbons (Fsp3) is 0.562. The second kappa shape index (κ2) is 7.98. The molecule has 1 N–H and O–H groups in total. The zero-order chi connectivity index (χ0) is 15.9. The summed E-state index contributed by atoms with van der Waals surface area (Å²) < 4.78 is 23.8. The fourth-order valence-corrected chi connectivity index (χ4v) is 1.82. The molecule has 118 valence electrons. The number of rotatable bonds is 8. The number of benzene rings is 1. The second-order valence-corrected chi connectivity index (χ2v) is 5.59. The second-order valence-electron chi connectivity index (χ2n) is 5.59. The Bertz CT molecular complexity index is 475. The Morgan fingerprint density at radius 2 is 2.10 bits per heavy atom. The third-order valence-corrected chi connectivity index (χ3v) is 3.09. The molecule has 0 heterocycles. The lowest BCUT2D eigenvalue weighted by molar-refractivity contribution is -0.152. The first kappa shape index (κ1) is 17.4. The van der Waals surface area contributed by atoms with Crippen LogP contribution in [0.25, 0.3) is 0 Å². The van der Waals surface area contributed by atoms with Gasteiger partial charge in [0.25, 0.3) is 0 Å². The molecule has 21 heavy (non-hydrogen) atoms. The molecule has 1 aromatic carbocycles. The molecule has 0 spiro atoms. The number of methoxy groups -OCH3 is 1. The lowest BCUT2D eigenvalue weighted by Gasteiger charge is -2.22. The number of nitrogens with one attached hydrogen (secondary N) is 1. The van der Waals surface area contributed by atoms with Gasteiger partial charge in [0.2, 0.25) is 0 Å². The van der Waals surface area contributed by atoms with Crippen LogP contribution in [0.5, 0.6) is 5.75 Å². The zero-order valence-electron chi connectivity index (χ0n) is 13.2. The van der Waals surface area contributed by atoms with E-state index in [1.165, 1.54) is 19.2 Å². The third kappa shape index (κ3) is 5.34. The average Bonchev–Trinajstić information content (AvgIpc) is 2.45. The largest absolute Gasteiger partial charge is 0.492 e. The molecule has 0 aliphatic rings. The molecular formula is C16H24FNO3. The normalized spacial score (nSPS) is 11.3. The van der Waals surface area contributed by atoms with Gasteiger partial charge in [-0.2, -0.15) is 0 Å². The van der Waals surface area contributed by atoms with E-state index in [4.69, 9.17) is 9.47 Å². The van der Waals surface area contributed by atoms with Crippen molar-refractivity contribution in [1.29, 1.82) is 0 Å². The van der Waals surface area contributed by atoms with E-state index < -0.39 is 5.41 Å². The van der Waals surface area contributed by atoms with Crippen molar-refractivity contribution in [3.8, 4) is 5.75 Å². The zero-order valence-corrected chi connectivity index (χ0v) is 13.2. The maximum atomic E-state index is 13.4. The van der Waals surface area contributed by atoms with E-state index in [-0.39, 0.29) is 18.4 Å². The van der Waals surface area contributed by atoms with Crippen LogP contribution in [0.2, 0.25) is 0 Å². The Labute approximate surface area is 125 Å². The van der Waals surface area contributed by atoms with Crippen LogP contribution < -0.4 is 10.1 Å². The Balaban J connectivity index is 2.75. The number of esters is 1. The molecule has 0 aromatic heterocycles. The van der Waals surface area contributed by atoms with Crippen molar-refractivity contribution < 1.29 is 18.7 Å². The highest BCUT2D eigenvalue weighted by molar-refractivity contribution is 5.75. The predicted molar refractivity (Wildman–Crippen MR) is 79.7 cm³/mol. The van der Waals surface area contributed by atoms with Crippen LogP contribution >= 0.6 is 0 Å². The molecule has 0 aliphatic heterocycles. The van der Waals surface area contributed by atoms with E-state index in [1.807, 2.05) is 0 Å². The molecule has 0 bridgehead atoms. The molecule has 0 radical (unpaired) electrons. The topological polar surface area (TPSA) is 47.6 Å². The van der Waals surface area contributed by atoms with Crippen molar-refractivity contribution >= 4 is 5.97 Å². The van der Waals surface area contributed by atoms with Crippen molar-refractivity contribution in [2.45, 2.75) is 33.7 Å². The van der Waals surface area contributed by atoms with Crippen LogP contribution in [-0.4, -0.2) is 26.2 Å². The lowest BCUT2D eigenvalue weighted by Crippen LogP contribution is -2.32. The van der Waals surface area contributed by atoms with Crippen molar-refractivity contribution in [2.75, 3.05) is 20.3 Å². The van der Waals surface area contributed by atoms with Crippen molar-refractivity contribution in [1.82, 2.24) is 5.32 Å². The van der Waals surface area contributed by atoms with E-state index in [2.05, 4.69) is 12.2 Å². The Morgan fingerprint density at radius 1 is 1.38 bits per heavy atom. The molecule has 1 aromatic rings. The van der Waals surface area contributed by atoms with Gasteiger partial charge in [0, 0.05) is 12.1 Å². The first-order valence-electron chi connectivity index (χ1n) is 7.11. The number of halogens is 1. The smallest absolute Gasteiger partial charge is 0.314 e. The molecule has 0 fully saturated rings. The molecule has 1 rings (SSSR count). The monoisotopic (exact) mass is 297 g/mol. The molecule has 0 atom stereocenters. The van der Waals surface area contributed by atoms with Crippen molar-refractivity contribution in [3.05, 3.63) is 29.6 Å². The summed E-state index contributed by atoms with van der Waals surface area (Å²) in [6, 6.07) is 4.39. The molecule has 0 saturated carbocycles. The number of hydrogen-bond acceptors (Lipinski definition) is 4. The van der Waals surface area contributed by atoms with Gasteiger partial charge in [-0.05, 0) is 45.0 Å². The summed E-state index contributed by atoms with van der Waals surface area (Å²) in [7, 11) is 1.35. The van der Waals surface area contributed by atoms with E-state index in [9.17, 15) is 9.18 Å². The predicted octanol–water partition coefficient (Wildman–Crippen LogP) is 2.90. The van der Waals surface area contributed by atoms with Gasteiger partial charge in [-0.1, -0.05) is 6.92 Å². The summed E-state index contributed by atoms with van der Waals surface area (Å²) in [4.78, 5) is 11.6. The van der Waals surface area contributed by atoms with Crippen molar-refractivity contribution in [3.63, 3.8) is 0 Å². The molecule has 0 amide bonds. The summed E-state index contributed by atoms with van der Waals surface area (Å²) >= 11 is 0. The molecule has 0 aliphatic carbocycles. The summed E-state index contributed by atoms with van der Waals surface area (Å²) in [5, 5.41) is 3.21. The quantitative estimate of drug-likeness (QED) is 0.592. The molecule has 0 unspecified atom stereocenters. The third-order valence-electron chi connectivity index (χ3n) is 3.09. The standard InChI is InChI=1S/C16H24FNO3/c1-5-8-18-10-12-9-13(17)6-7-14(12)21-11-16(2,3)15(19)20-4/h6-7,9,18H,5,8,10-11H2,1-4H3. The Morgan fingerprint density at radius 3 is 2.71 bits per heavy atom. The van der Waals surface area contributed by atoms with E-state index >= 15 is 0 Å². The number of carbonyl (C=O) groups excluding carboxylic acids is 1. The van der Waals surface area contributed by atoms with Gasteiger partial charge < -0.3 is 14.8 Å². The van der Waals surface area contributed by atoms with Gasteiger partial charge in [0.05, 0.1) is 12.5 Å². The number of hydrogen-bond donors (Lipinski definition) is 1. The first-order chi connectivity index (χ1) is 9.90. The summed E-state index contributed by atoms with van der Waals surface area (Å²) in [6.07, 6.45) is 1.00. The van der Waals surface area contributed by atoms with Crippen LogP contribution in [-0.2, 0) is 16.1 Å². The minimum Gasteiger partial charge on any atom is -0.492 e. The fourth-order valence-electron chi connectivity index (χ4n) is 1.82. The van der Waals surface area contributed by atoms with E-state index in [0.29, 0.717) is 12.3 Å². The average molecular weight is 297 g/mol. The Hall–Kier alpha value is -1.62. The lowest BCUT2D eigenvalue weighted by atomic mass is 9.95. The number of ether oxygens (including phenoxy) is 2. The van der Waals surface area contributed by atoms with Crippen LogP contribution in [0.3, 0.4) is 0 Å². The molecule has 0 saturated heterocycles. The SMILES string of the molecule is CCCNCc1cc(F)ccc1OCC(C)(C)C(=O)OC. The Kier molecular flexibility index (Phi) is 6.62. The van der Waals surface area contributed by atoms with Crippen LogP contribution in [0.15, 0.2) is 18.2 Å². The van der Waals surface area contributed by atoms with Crippen LogP contribution in [0.1, 0.15) is 32.8 Å². The van der Waals surface area contributed by atoms with Crippen LogP contribution in [0, 0.1) is 11.2 Å². The maximum Gasteiger partial charge on any atom is 0.314 e. The summed E-state index contributed by atoms with van der Waals surface area (Å²) in [6.45, 7) is 7.11. The first-order valence-corrected chi connectivity index (χ1v) is 7.11. The maximum absolute atomic E-state index is 13.4. The highest BCUT2D eigenvalue weighted by Crippen LogP contribution is 2.24. The summed E-state index contributed by atoms with van der Waals surface area (Å²) in [5.41, 5.74) is -0.0128. The minimum absolute atomic E-state index is 0.173. The van der Waals surface area contributed by atoms with E-state index in [0.717, 1.165) is 18.5 Å². The summed E-state index contributed by atoms with van der Waals surface area (Å²) in [5.74, 6) is -0.0601. The highest BCUT2D eigenvalue weighted by Gasteiger charge is 2.30. The van der Waals surface area contributed by atoms with Crippen molar-refractivity contribution in [2.24, 2.45) is 5.41 Å². The van der Waals surface area contributed by atoms with Gasteiger partial charge in [-0.15, -0.1) is 0 Å². The molecule has 5 heteroatoms. The van der Waals surface area contributed by atoms with Gasteiger partial charge in [-0.3, -0.25) is 4.79 Å². The van der Waals surface area contributed by atoms with Gasteiger partial charge in [0.15, 0.2) is 0 Å². The minimum atomic E-state index is -0.753. The molecular weight excluding hydrogens is 273 g/mol. The van der Waals surface area contributed by atoms with Gasteiger partial charge >= 0.3 is 5.97 Å². The highest BCUT2D eigenvalue weighted by atomic mass is 19.1. The van der Waals surface area contributed by atoms with Gasteiger partial charge in [-0.25, -0.2) is 4.39 Å². The molecule has 4 nitrogen and oxygen atoms in total. The van der Waals surface area contributed by atoms with E-state index in [1.54, 1.807) is 19.9 Å². The van der Waals surface area contributed by atoms with Gasteiger partial charge in [0.1, 0.15) is 18.2 Å².